The highest BCUT2D eigenvalue weighted by Gasteiger charge is 2.23. The van der Waals surface area contributed by atoms with Crippen molar-refractivity contribution in [1.82, 2.24) is 16.0 Å². The first-order valence-electron chi connectivity index (χ1n) is 7.54. The van der Waals surface area contributed by atoms with Crippen LogP contribution in [0.5, 0.6) is 0 Å². The molecule has 0 aliphatic carbocycles. The fourth-order valence-electron chi connectivity index (χ4n) is 2.34. The monoisotopic (exact) mass is 284 g/mol. The maximum atomic E-state index is 10.2. The predicted molar refractivity (Wildman–Crippen MR) is 85.4 cm³/mol. The minimum absolute atomic E-state index is 0.127. The maximum Gasteiger partial charge on any atom is 0.207 e. The van der Waals surface area contributed by atoms with Crippen LogP contribution in [0, 0.1) is 0 Å². The topological polar surface area (TPSA) is 79.2 Å². The van der Waals surface area contributed by atoms with Crippen LogP contribution >= 0.6 is 0 Å². The lowest BCUT2D eigenvalue weighted by Gasteiger charge is -2.30. The molecule has 0 aliphatic rings. The molecule has 0 radical (unpaired) electrons. The van der Waals surface area contributed by atoms with Gasteiger partial charge in [-0.3, -0.25) is 4.79 Å². The normalized spacial score (nSPS) is 13.6. The van der Waals surface area contributed by atoms with Crippen molar-refractivity contribution < 1.29 is 4.79 Å². The number of nitrogens with two attached hydrogens (primary N) is 1. The highest BCUT2D eigenvalue weighted by atomic mass is 16.1. The quantitative estimate of drug-likeness (QED) is 0.285. The van der Waals surface area contributed by atoms with E-state index in [1.807, 2.05) is 14.0 Å². The van der Waals surface area contributed by atoms with Crippen LogP contribution in [0.25, 0.3) is 0 Å². The summed E-state index contributed by atoms with van der Waals surface area (Å²) in [4.78, 5) is 10.2. The van der Waals surface area contributed by atoms with E-state index in [2.05, 4.69) is 22.5 Å². The Morgan fingerprint density at radius 3 is 2.20 bits per heavy atom. The molecule has 0 aliphatic heterocycles. The average molecular weight is 284 g/mol. The van der Waals surface area contributed by atoms with Gasteiger partial charge in [0.25, 0.3) is 0 Å². The predicted octanol–water partition coefficient (Wildman–Crippen LogP) is 1.11. The zero-order valence-corrected chi connectivity index (χ0v) is 13.1. The highest BCUT2D eigenvalue weighted by molar-refractivity contribution is 5.45. The van der Waals surface area contributed by atoms with Gasteiger partial charge in [0, 0.05) is 24.3 Å². The van der Waals surface area contributed by atoms with Crippen LogP contribution < -0.4 is 21.7 Å². The summed E-state index contributed by atoms with van der Waals surface area (Å²) in [5.41, 5.74) is 7.42. The van der Waals surface area contributed by atoms with Gasteiger partial charge in [-0.15, -0.1) is 0 Å². The number of hydrogen-bond acceptors (Lipinski definition) is 4. The van der Waals surface area contributed by atoms with Crippen LogP contribution in [0.15, 0.2) is 12.3 Å². The van der Waals surface area contributed by atoms with Gasteiger partial charge < -0.3 is 21.7 Å². The zero-order valence-electron chi connectivity index (χ0n) is 13.1. The minimum Gasteiger partial charge on any atom is -0.389 e. The highest BCUT2D eigenvalue weighted by Crippen LogP contribution is 2.22. The van der Waals surface area contributed by atoms with Gasteiger partial charge >= 0.3 is 0 Å². The van der Waals surface area contributed by atoms with Crippen molar-refractivity contribution in [3.05, 3.63) is 12.3 Å². The molecule has 1 atom stereocenters. The first kappa shape index (κ1) is 18.9. The van der Waals surface area contributed by atoms with Crippen molar-refractivity contribution in [2.75, 3.05) is 26.7 Å². The largest absolute Gasteiger partial charge is 0.389 e. The number of hydrogen-bond donors (Lipinski definition) is 4. The second kappa shape index (κ2) is 11.7. The van der Waals surface area contributed by atoms with Crippen LogP contribution in [-0.2, 0) is 4.79 Å². The smallest absolute Gasteiger partial charge is 0.207 e. The number of rotatable bonds is 14. The fourth-order valence-corrected chi connectivity index (χ4v) is 2.34. The van der Waals surface area contributed by atoms with Crippen molar-refractivity contribution in [2.45, 2.75) is 51.0 Å². The Kier molecular flexibility index (Phi) is 11.1. The molecule has 118 valence electrons. The molecule has 0 saturated heterocycles. The van der Waals surface area contributed by atoms with Gasteiger partial charge in [0.2, 0.25) is 6.41 Å². The van der Waals surface area contributed by atoms with Gasteiger partial charge in [-0.05, 0) is 59.0 Å². The van der Waals surface area contributed by atoms with E-state index in [1.54, 1.807) is 0 Å². The molecule has 5 nitrogen and oxygen atoms in total. The number of carbonyl (C=O) groups is 1. The van der Waals surface area contributed by atoms with E-state index in [0.29, 0.717) is 6.54 Å². The zero-order chi connectivity index (χ0) is 15.3. The van der Waals surface area contributed by atoms with E-state index in [1.165, 1.54) is 0 Å². The lowest BCUT2D eigenvalue weighted by Crippen LogP contribution is -2.41. The molecule has 0 spiro atoms. The number of allylic oxidation sites excluding steroid dienone is 1. The molecule has 1 amide bonds. The summed E-state index contributed by atoms with van der Waals surface area (Å²) in [5.74, 6) is 0. The molecule has 0 aromatic rings. The van der Waals surface area contributed by atoms with Crippen LogP contribution in [0.2, 0.25) is 0 Å². The minimum atomic E-state index is -0.127. The fraction of sp³-hybridized carbons (Fsp3) is 0.800. The summed E-state index contributed by atoms with van der Waals surface area (Å²) >= 11 is 0. The molecule has 0 aromatic carbocycles. The van der Waals surface area contributed by atoms with Gasteiger partial charge in [-0.25, -0.2) is 0 Å². The number of carbonyl (C=O) groups excluding carboxylic acids is 1. The number of amides is 1. The van der Waals surface area contributed by atoms with E-state index in [9.17, 15) is 4.79 Å². The standard InChI is InChI=1S/C15H32N4O/c1-14(2)19-12-6-9-15(16,7-4-10-17-3)8-5-11-18-13-20/h13,17,19H,1,4-12,16H2,2-3H3,(H,18,20). The molecule has 1 unspecified atom stereocenters. The summed E-state index contributed by atoms with van der Waals surface area (Å²) < 4.78 is 0. The lowest BCUT2D eigenvalue weighted by atomic mass is 9.85. The third-order valence-corrected chi connectivity index (χ3v) is 3.46. The van der Waals surface area contributed by atoms with Gasteiger partial charge in [0.05, 0.1) is 0 Å². The van der Waals surface area contributed by atoms with Crippen molar-refractivity contribution in [3.63, 3.8) is 0 Å². The molecule has 5 heteroatoms. The summed E-state index contributed by atoms with van der Waals surface area (Å²) in [7, 11) is 1.96. The van der Waals surface area contributed by atoms with Gasteiger partial charge in [0.15, 0.2) is 0 Å². The first-order valence-corrected chi connectivity index (χ1v) is 7.54. The van der Waals surface area contributed by atoms with Crippen LogP contribution in [0.4, 0.5) is 0 Å². The Hall–Kier alpha value is -1.07. The average Bonchev–Trinajstić information content (AvgIpc) is 2.40. The van der Waals surface area contributed by atoms with Crippen molar-refractivity contribution in [2.24, 2.45) is 5.73 Å². The Balaban J connectivity index is 4.07. The molecule has 0 fully saturated rings. The van der Waals surface area contributed by atoms with Crippen LogP contribution in [0.3, 0.4) is 0 Å². The van der Waals surface area contributed by atoms with Crippen molar-refractivity contribution >= 4 is 6.41 Å². The SMILES string of the molecule is C=C(C)NCCCC(N)(CCCNC)CCCNC=O. The Morgan fingerprint density at radius 2 is 1.70 bits per heavy atom. The molecule has 0 aromatic heterocycles. The van der Waals surface area contributed by atoms with Crippen molar-refractivity contribution in [3.8, 4) is 0 Å². The second-order valence-corrected chi connectivity index (χ2v) is 5.56. The summed E-state index contributed by atoms with van der Waals surface area (Å²) in [6.45, 7) is 8.42. The van der Waals surface area contributed by atoms with E-state index in [0.717, 1.165) is 63.7 Å². The maximum absolute atomic E-state index is 10.2. The Labute approximate surface area is 123 Å². The van der Waals surface area contributed by atoms with Crippen LogP contribution in [0.1, 0.15) is 45.4 Å². The van der Waals surface area contributed by atoms with E-state index in [4.69, 9.17) is 5.73 Å². The summed E-state index contributed by atoms with van der Waals surface area (Å²) in [6.07, 6.45) is 6.77. The summed E-state index contributed by atoms with van der Waals surface area (Å²) in [6, 6.07) is 0. The molecule has 0 heterocycles. The molecule has 5 N–H and O–H groups in total. The summed E-state index contributed by atoms with van der Waals surface area (Å²) in [5, 5.41) is 9.10. The molecule has 20 heavy (non-hydrogen) atoms. The van der Waals surface area contributed by atoms with E-state index >= 15 is 0 Å². The second-order valence-electron chi connectivity index (χ2n) is 5.56. The first-order chi connectivity index (χ1) is 9.54. The van der Waals surface area contributed by atoms with Gasteiger partial charge in [-0.2, -0.15) is 0 Å². The third-order valence-electron chi connectivity index (χ3n) is 3.46. The van der Waals surface area contributed by atoms with Gasteiger partial charge in [0.1, 0.15) is 0 Å². The van der Waals surface area contributed by atoms with E-state index in [-0.39, 0.29) is 5.54 Å². The van der Waals surface area contributed by atoms with Gasteiger partial charge in [-0.1, -0.05) is 6.58 Å². The molecular weight excluding hydrogens is 252 g/mol. The molecule has 0 rings (SSSR count). The Morgan fingerprint density at radius 1 is 1.15 bits per heavy atom. The lowest BCUT2D eigenvalue weighted by molar-refractivity contribution is -0.109. The third kappa shape index (κ3) is 10.8. The van der Waals surface area contributed by atoms with Crippen molar-refractivity contribution in [1.29, 1.82) is 0 Å². The molecular formula is C15H32N4O. The number of nitrogens with one attached hydrogen (secondary N) is 3. The molecule has 0 bridgehead atoms. The molecule has 0 saturated carbocycles. The Bertz CT molecular complexity index is 271. The van der Waals surface area contributed by atoms with Crippen LogP contribution in [-0.4, -0.2) is 38.6 Å². The van der Waals surface area contributed by atoms with E-state index < -0.39 is 0 Å².